The van der Waals surface area contributed by atoms with Crippen molar-refractivity contribution in [3.05, 3.63) is 63.6 Å². The molecule has 2 aromatic rings. The lowest BCUT2D eigenvalue weighted by Gasteiger charge is -2.12. The molecule has 2 rings (SSSR count). The molecular weight excluding hydrogens is 360 g/mol. The molecule has 2 aromatic carbocycles. The van der Waals surface area contributed by atoms with Crippen LogP contribution in [0.15, 0.2) is 57.9 Å². The lowest BCUT2D eigenvalue weighted by atomic mass is 10.1. The van der Waals surface area contributed by atoms with E-state index >= 15 is 0 Å². The third-order valence-electron chi connectivity index (χ3n) is 2.70. The number of aliphatic carboxylic acids is 1. The van der Waals surface area contributed by atoms with Gasteiger partial charge in [0.2, 0.25) is 0 Å². The highest BCUT2D eigenvalue weighted by Gasteiger charge is 2.19. The van der Waals surface area contributed by atoms with Crippen LogP contribution in [-0.4, -0.2) is 16.3 Å². The number of halogens is 2. The van der Waals surface area contributed by atoms with Crippen molar-refractivity contribution in [2.75, 3.05) is 0 Å². The van der Waals surface area contributed by atoms with Crippen LogP contribution in [-0.2, 0) is 11.2 Å². The van der Waals surface area contributed by atoms with Crippen molar-refractivity contribution in [1.82, 2.24) is 0 Å². The standard InChI is InChI=1S/C15H12BrClO2S/c16-11-3-1-10(2-4-11)9-14(15(18)19)20-13-7-5-12(17)6-8-13/h1-8,14H,9H2,(H,18,19). The van der Waals surface area contributed by atoms with Crippen LogP contribution in [0.25, 0.3) is 0 Å². The van der Waals surface area contributed by atoms with Crippen molar-refractivity contribution in [3.63, 3.8) is 0 Å². The third kappa shape index (κ3) is 4.54. The van der Waals surface area contributed by atoms with Crippen molar-refractivity contribution in [2.24, 2.45) is 0 Å². The van der Waals surface area contributed by atoms with Crippen LogP contribution >= 0.6 is 39.3 Å². The Kier molecular flexibility index (Phi) is 5.52. The van der Waals surface area contributed by atoms with Crippen LogP contribution in [0, 0.1) is 0 Å². The average molecular weight is 372 g/mol. The highest BCUT2D eigenvalue weighted by Crippen LogP contribution is 2.27. The second kappa shape index (κ2) is 7.16. The van der Waals surface area contributed by atoms with Crippen LogP contribution in [0.1, 0.15) is 5.56 Å². The van der Waals surface area contributed by atoms with Gasteiger partial charge >= 0.3 is 5.97 Å². The fourth-order valence-electron chi connectivity index (χ4n) is 1.69. The van der Waals surface area contributed by atoms with Gasteiger partial charge < -0.3 is 5.11 Å². The van der Waals surface area contributed by atoms with E-state index in [9.17, 15) is 9.90 Å². The Labute approximate surface area is 135 Å². The summed E-state index contributed by atoms with van der Waals surface area (Å²) in [5, 5.41) is 9.48. The summed E-state index contributed by atoms with van der Waals surface area (Å²) in [6.45, 7) is 0. The van der Waals surface area contributed by atoms with Crippen LogP contribution in [0.2, 0.25) is 5.02 Å². The van der Waals surface area contributed by atoms with Crippen molar-refractivity contribution in [1.29, 1.82) is 0 Å². The summed E-state index contributed by atoms with van der Waals surface area (Å²) in [7, 11) is 0. The third-order valence-corrected chi connectivity index (χ3v) is 4.68. The summed E-state index contributed by atoms with van der Waals surface area (Å²) in [6.07, 6.45) is 0.482. The molecule has 1 atom stereocenters. The van der Waals surface area contributed by atoms with E-state index in [1.54, 1.807) is 12.1 Å². The predicted molar refractivity (Wildman–Crippen MR) is 86.6 cm³/mol. The monoisotopic (exact) mass is 370 g/mol. The van der Waals surface area contributed by atoms with Crippen molar-refractivity contribution in [3.8, 4) is 0 Å². The maximum absolute atomic E-state index is 11.4. The topological polar surface area (TPSA) is 37.3 Å². The first-order valence-corrected chi connectivity index (χ1v) is 7.99. The van der Waals surface area contributed by atoms with Crippen molar-refractivity contribution < 1.29 is 9.90 Å². The maximum atomic E-state index is 11.4. The van der Waals surface area contributed by atoms with Crippen molar-refractivity contribution >= 4 is 45.3 Å². The molecule has 0 bridgehead atoms. The first-order chi connectivity index (χ1) is 9.54. The Hall–Kier alpha value is -0.970. The molecule has 20 heavy (non-hydrogen) atoms. The van der Waals surface area contributed by atoms with Gasteiger partial charge in [-0.25, -0.2) is 0 Å². The zero-order chi connectivity index (χ0) is 14.5. The van der Waals surface area contributed by atoms with Gasteiger partial charge in [-0.1, -0.05) is 39.7 Å². The molecule has 5 heteroatoms. The van der Waals surface area contributed by atoms with Gasteiger partial charge in [0.1, 0.15) is 5.25 Å². The van der Waals surface area contributed by atoms with Gasteiger partial charge in [0.05, 0.1) is 0 Å². The average Bonchev–Trinajstić information content (AvgIpc) is 2.42. The molecule has 0 fully saturated rings. The Morgan fingerprint density at radius 2 is 1.75 bits per heavy atom. The number of hydrogen-bond donors (Lipinski definition) is 1. The largest absolute Gasteiger partial charge is 0.480 e. The minimum atomic E-state index is -0.812. The Morgan fingerprint density at radius 3 is 2.30 bits per heavy atom. The van der Waals surface area contributed by atoms with Gasteiger partial charge in [0.15, 0.2) is 0 Å². The smallest absolute Gasteiger partial charge is 0.317 e. The fourth-order valence-corrected chi connectivity index (χ4v) is 3.08. The number of thioether (sulfide) groups is 1. The number of rotatable bonds is 5. The van der Waals surface area contributed by atoms with Crippen LogP contribution in [0.4, 0.5) is 0 Å². The summed E-state index contributed by atoms with van der Waals surface area (Å²) in [5.41, 5.74) is 1.00. The summed E-state index contributed by atoms with van der Waals surface area (Å²) < 4.78 is 0.985. The SMILES string of the molecule is O=C(O)C(Cc1ccc(Br)cc1)Sc1ccc(Cl)cc1. The molecule has 0 radical (unpaired) electrons. The summed E-state index contributed by atoms with van der Waals surface area (Å²) in [6, 6.07) is 14.9. The number of carboxylic acids is 1. The van der Waals surface area contributed by atoms with Gasteiger partial charge in [-0.15, -0.1) is 11.8 Å². The van der Waals surface area contributed by atoms with Gasteiger partial charge in [0.25, 0.3) is 0 Å². The molecule has 0 aromatic heterocycles. The Morgan fingerprint density at radius 1 is 1.15 bits per heavy atom. The fraction of sp³-hybridized carbons (Fsp3) is 0.133. The number of carboxylic acid groups (broad SMARTS) is 1. The van der Waals surface area contributed by atoms with Gasteiger partial charge in [-0.2, -0.15) is 0 Å². The molecule has 104 valence electrons. The Bertz CT molecular complexity index is 536. The van der Waals surface area contributed by atoms with Crippen LogP contribution < -0.4 is 0 Å². The van der Waals surface area contributed by atoms with Gasteiger partial charge in [-0.05, 0) is 48.4 Å². The molecule has 0 aliphatic carbocycles. The molecule has 0 aliphatic heterocycles. The molecule has 1 unspecified atom stereocenters. The van der Waals surface area contributed by atoms with Crippen molar-refractivity contribution in [2.45, 2.75) is 16.6 Å². The second-order valence-electron chi connectivity index (χ2n) is 4.23. The number of carbonyl (C=O) groups is 1. The van der Waals surface area contributed by atoms with Gasteiger partial charge in [-0.3, -0.25) is 4.79 Å². The normalized spacial score (nSPS) is 12.1. The van der Waals surface area contributed by atoms with E-state index < -0.39 is 11.2 Å². The van der Waals surface area contributed by atoms with Crippen LogP contribution in [0.3, 0.4) is 0 Å². The molecule has 1 N–H and O–H groups in total. The lowest BCUT2D eigenvalue weighted by Crippen LogP contribution is -2.19. The van der Waals surface area contributed by atoms with E-state index in [1.807, 2.05) is 36.4 Å². The Balaban J connectivity index is 2.09. The predicted octanol–water partition coefficient (Wildman–Crippen LogP) is 4.89. The molecule has 0 spiro atoms. The maximum Gasteiger partial charge on any atom is 0.317 e. The first kappa shape index (κ1) is 15.4. The quantitative estimate of drug-likeness (QED) is 0.760. The molecular formula is C15H12BrClO2S. The second-order valence-corrected chi connectivity index (χ2v) is 6.86. The molecule has 0 amide bonds. The molecule has 0 heterocycles. The van der Waals surface area contributed by atoms with E-state index in [0.717, 1.165) is 14.9 Å². The lowest BCUT2D eigenvalue weighted by molar-refractivity contribution is -0.136. The minimum absolute atomic E-state index is 0.482. The van der Waals surface area contributed by atoms with E-state index in [4.69, 9.17) is 11.6 Å². The highest BCUT2D eigenvalue weighted by atomic mass is 79.9. The van der Waals surface area contributed by atoms with E-state index in [0.29, 0.717) is 11.4 Å². The van der Waals surface area contributed by atoms with E-state index in [1.165, 1.54) is 11.8 Å². The minimum Gasteiger partial charge on any atom is -0.480 e. The number of benzene rings is 2. The van der Waals surface area contributed by atoms with Gasteiger partial charge in [0, 0.05) is 14.4 Å². The summed E-state index contributed by atoms with van der Waals surface area (Å²) >= 11 is 10.5. The molecule has 0 saturated heterocycles. The molecule has 0 aliphatic rings. The van der Waals surface area contributed by atoms with Crippen LogP contribution in [0.5, 0.6) is 0 Å². The highest BCUT2D eigenvalue weighted by molar-refractivity contribution is 9.10. The van der Waals surface area contributed by atoms with E-state index in [2.05, 4.69) is 15.9 Å². The van der Waals surface area contributed by atoms with E-state index in [-0.39, 0.29) is 0 Å². The molecule has 0 saturated carbocycles. The summed E-state index contributed by atoms with van der Waals surface area (Å²) in [4.78, 5) is 12.3. The molecule has 2 nitrogen and oxygen atoms in total. The zero-order valence-corrected chi connectivity index (χ0v) is 13.6. The number of hydrogen-bond acceptors (Lipinski definition) is 2. The zero-order valence-electron chi connectivity index (χ0n) is 10.4. The first-order valence-electron chi connectivity index (χ1n) is 5.94. The summed E-state index contributed by atoms with van der Waals surface area (Å²) in [5.74, 6) is -0.812.